The molecule has 20 heavy (non-hydrogen) atoms. The molecule has 2 N–H and O–H groups in total. The molecule has 0 heterocycles. The van der Waals surface area contributed by atoms with Crippen molar-refractivity contribution in [3.8, 4) is 0 Å². The van der Waals surface area contributed by atoms with Gasteiger partial charge in [-0.2, -0.15) is 0 Å². The summed E-state index contributed by atoms with van der Waals surface area (Å²) in [7, 11) is -3.36. The van der Waals surface area contributed by atoms with Crippen LogP contribution in [0.3, 0.4) is 0 Å². The standard InChI is InChI=1S/C14H22N2O3S/c1-9(2)11(4)15-14(17)12-7-6-10(3)13(8-12)16-20(5,18)19/h6-9,11,16H,1-5H3,(H,15,17)/t11-/m0/s1. The first-order valence-corrected chi connectivity index (χ1v) is 8.38. The number of carbonyl (C=O) groups is 1. The number of sulfonamides is 1. The second-order valence-corrected chi connectivity index (χ2v) is 7.16. The summed E-state index contributed by atoms with van der Waals surface area (Å²) in [6, 6.07) is 5.02. The van der Waals surface area contributed by atoms with Crippen molar-refractivity contribution in [3.63, 3.8) is 0 Å². The van der Waals surface area contributed by atoms with Crippen molar-refractivity contribution in [2.75, 3.05) is 11.0 Å². The van der Waals surface area contributed by atoms with E-state index < -0.39 is 10.0 Å². The number of hydrogen-bond acceptors (Lipinski definition) is 3. The topological polar surface area (TPSA) is 75.3 Å². The second-order valence-electron chi connectivity index (χ2n) is 5.41. The maximum atomic E-state index is 12.1. The normalized spacial score (nSPS) is 13.1. The summed E-state index contributed by atoms with van der Waals surface area (Å²) in [5.74, 6) is 0.126. The zero-order valence-electron chi connectivity index (χ0n) is 12.5. The van der Waals surface area contributed by atoms with Gasteiger partial charge < -0.3 is 5.32 Å². The van der Waals surface area contributed by atoms with E-state index in [1.165, 1.54) is 0 Å². The first-order chi connectivity index (χ1) is 9.10. The lowest BCUT2D eigenvalue weighted by molar-refractivity contribution is 0.0930. The van der Waals surface area contributed by atoms with E-state index in [0.717, 1.165) is 11.8 Å². The molecule has 0 aliphatic heterocycles. The largest absolute Gasteiger partial charge is 0.349 e. The minimum Gasteiger partial charge on any atom is -0.349 e. The Balaban J connectivity index is 2.97. The molecule has 0 fully saturated rings. The van der Waals surface area contributed by atoms with E-state index >= 15 is 0 Å². The van der Waals surface area contributed by atoms with E-state index in [9.17, 15) is 13.2 Å². The van der Waals surface area contributed by atoms with Crippen LogP contribution in [0, 0.1) is 12.8 Å². The monoisotopic (exact) mass is 298 g/mol. The molecule has 0 radical (unpaired) electrons. The summed E-state index contributed by atoms with van der Waals surface area (Å²) >= 11 is 0. The van der Waals surface area contributed by atoms with Gasteiger partial charge in [0.05, 0.1) is 11.9 Å². The molecule has 0 aliphatic rings. The van der Waals surface area contributed by atoms with Crippen LogP contribution in [0.2, 0.25) is 0 Å². The summed E-state index contributed by atoms with van der Waals surface area (Å²) in [6.45, 7) is 7.77. The minimum absolute atomic E-state index is 0.0510. The molecule has 0 saturated carbocycles. The van der Waals surface area contributed by atoms with Gasteiger partial charge in [-0.3, -0.25) is 9.52 Å². The van der Waals surface area contributed by atoms with E-state index in [0.29, 0.717) is 17.2 Å². The van der Waals surface area contributed by atoms with Crippen molar-refractivity contribution in [2.24, 2.45) is 5.92 Å². The number of anilines is 1. The zero-order chi connectivity index (χ0) is 15.5. The molecule has 112 valence electrons. The molecular weight excluding hydrogens is 276 g/mol. The van der Waals surface area contributed by atoms with Gasteiger partial charge in [0, 0.05) is 11.6 Å². The number of rotatable bonds is 5. The molecule has 0 unspecified atom stereocenters. The van der Waals surface area contributed by atoms with Crippen LogP contribution >= 0.6 is 0 Å². The number of benzene rings is 1. The Morgan fingerprint density at radius 2 is 1.80 bits per heavy atom. The smallest absolute Gasteiger partial charge is 0.251 e. The average molecular weight is 298 g/mol. The van der Waals surface area contributed by atoms with Crippen molar-refractivity contribution < 1.29 is 13.2 Å². The molecule has 1 aromatic rings. The van der Waals surface area contributed by atoms with Gasteiger partial charge in [0.2, 0.25) is 10.0 Å². The molecule has 1 aromatic carbocycles. The maximum absolute atomic E-state index is 12.1. The molecule has 0 saturated heterocycles. The quantitative estimate of drug-likeness (QED) is 0.874. The predicted octanol–water partition coefficient (Wildman–Crippen LogP) is 2.14. The number of amides is 1. The van der Waals surface area contributed by atoms with Crippen molar-refractivity contribution in [3.05, 3.63) is 29.3 Å². The lowest BCUT2D eigenvalue weighted by atomic mass is 10.1. The number of nitrogens with one attached hydrogen (secondary N) is 2. The molecule has 0 bridgehead atoms. The molecule has 0 aromatic heterocycles. The summed E-state index contributed by atoms with van der Waals surface area (Å²) in [5, 5.41) is 2.89. The van der Waals surface area contributed by atoms with Crippen LogP contribution in [0.25, 0.3) is 0 Å². The third-order valence-corrected chi connectivity index (χ3v) is 3.74. The summed E-state index contributed by atoms with van der Waals surface area (Å²) < 4.78 is 25.0. The fraction of sp³-hybridized carbons (Fsp3) is 0.500. The van der Waals surface area contributed by atoms with Gasteiger partial charge in [0.1, 0.15) is 0 Å². The molecule has 1 atom stereocenters. The third kappa shape index (κ3) is 4.85. The SMILES string of the molecule is Cc1ccc(C(=O)N[C@@H](C)C(C)C)cc1NS(C)(=O)=O. The number of aryl methyl sites for hydroxylation is 1. The van der Waals surface area contributed by atoms with E-state index in [1.54, 1.807) is 25.1 Å². The van der Waals surface area contributed by atoms with Crippen LogP contribution in [0.4, 0.5) is 5.69 Å². The molecule has 0 spiro atoms. The second kappa shape index (κ2) is 6.26. The van der Waals surface area contributed by atoms with E-state index in [2.05, 4.69) is 10.0 Å². The summed E-state index contributed by atoms with van der Waals surface area (Å²) in [6.07, 6.45) is 1.08. The molecule has 5 nitrogen and oxygen atoms in total. The van der Waals surface area contributed by atoms with Gasteiger partial charge in [-0.25, -0.2) is 8.42 Å². The van der Waals surface area contributed by atoms with Gasteiger partial charge in [0.15, 0.2) is 0 Å². The maximum Gasteiger partial charge on any atom is 0.251 e. The highest BCUT2D eigenvalue weighted by molar-refractivity contribution is 7.92. The first kappa shape index (κ1) is 16.5. The van der Waals surface area contributed by atoms with E-state index in [-0.39, 0.29) is 11.9 Å². The highest BCUT2D eigenvalue weighted by Crippen LogP contribution is 2.18. The Morgan fingerprint density at radius 3 is 2.30 bits per heavy atom. The van der Waals surface area contributed by atoms with Crippen molar-refractivity contribution in [1.82, 2.24) is 5.32 Å². The minimum atomic E-state index is -3.36. The fourth-order valence-electron chi connectivity index (χ4n) is 1.53. The van der Waals surface area contributed by atoms with Gasteiger partial charge in [-0.05, 0) is 37.5 Å². The zero-order valence-corrected chi connectivity index (χ0v) is 13.3. The van der Waals surface area contributed by atoms with Gasteiger partial charge >= 0.3 is 0 Å². The fourth-order valence-corrected chi connectivity index (χ4v) is 2.15. The van der Waals surface area contributed by atoms with E-state index in [1.807, 2.05) is 20.8 Å². The van der Waals surface area contributed by atoms with Crippen LogP contribution < -0.4 is 10.0 Å². The molecule has 1 amide bonds. The number of hydrogen-bond donors (Lipinski definition) is 2. The van der Waals surface area contributed by atoms with Crippen LogP contribution in [0.1, 0.15) is 36.7 Å². The highest BCUT2D eigenvalue weighted by atomic mass is 32.2. The average Bonchev–Trinajstić information content (AvgIpc) is 2.29. The summed E-state index contributed by atoms with van der Waals surface area (Å²) in [4.78, 5) is 12.1. The van der Waals surface area contributed by atoms with Crippen LogP contribution in [-0.4, -0.2) is 26.6 Å². The van der Waals surface area contributed by atoms with Crippen LogP contribution in [0.15, 0.2) is 18.2 Å². The Labute approximate surface area is 120 Å². The first-order valence-electron chi connectivity index (χ1n) is 6.49. The Morgan fingerprint density at radius 1 is 1.20 bits per heavy atom. The molecule has 1 rings (SSSR count). The summed E-state index contributed by atoms with van der Waals surface area (Å²) in [5.41, 5.74) is 1.63. The van der Waals surface area contributed by atoms with Crippen LogP contribution in [0.5, 0.6) is 0 Å². The Bertz CT molecular complexity index is 594. The van der Waals surface area contributed by atoms with Crippen molar-refractivity contribution in [2.45, 2.75) is 33.7 Å². The molecular formula is C14H22N2O3S. The van der Waals surface area contributed by atoms with Gasteiger partial charge in [-0.1, -0.05) is 19.9 Å². The Hall–Kier alpha value is -1.56. The Kier molecular flexibility index (Phi) is 5.16. The lowest BCUT2D eigenvalue weighted by Crippen LogP contribution is -2.36. The highest BCUT2D eigenvalue weighted by Gasteiger charge is 2.14. The van der Waals surface area contributed by atoms with E-state index in [4.69, 9.17) is 0 Å². The van der Waals surface area contributed by atoms with Crippen molar-refractivity contribution >= 4 is 21.6 Å². The van der Waals surface area contributed by atoms with Crippen LogP contribution in [-0.2, 0) is 10.0 Å². The van der Waals surface area contributed by atoms with Crippen molar-refractivity contribution in [1.29, 1.82) is 0 Å². The lowest BCUT2D eigenvalue weighted by Gasteiger charge is -2.18. The third-order valence-electron chi connectivity index (χ3n) is 3.15. The number of carbonyl (C=O) groups excluding carboxylic acids is 1. The van der Waals surface area contributed by atoms with Gasteiger partial charge in [0.25, 0.3) is 5.91 Å². The molecule has 0 aliphatic carbocycles. The predicted molar refractivity (Wildman–Crippen MR) is 81.4 cm³/mol. The van der Waals surface area contributed by atoms with Gasteiger partial charge in [-0.15, -0.1) is 0 Å². The molecule has 6 heteroatoms.